The molecule has 0 radical (unpaired) electrons. The molecule has 0 aliphatic carbocycles. The Morgan fingerprint density at radius 3 is 1.30 bits per heavy atom. The van der Waals surface area contributed by atoms with E-state index in [9.17, 15) is 0 Å². The molecule has 9 aromatic rings. The fraction of sp³-hybridized carbons (Fsp3) is 0.0769. The normalized spacial score (nSPS) is 12.4. The van der Waals surface area contributed by atoms with E-state index in [-0.39, 0.29) is 0 Å². The molecule has 64 heavy (non-hydrogen) atoms. The molecule has 2 aliphatic heterocycles. The number of fused-ring (bicyclic) bond motifs is 20. The van der Waals surface area contributed by atoms with Crippen molar-refractivity contribution in [2.45, 2.75) is 13.8 Å². The lowest BCUT2D eigenvalue weighted by atomic mass is 10.1. The number of nitrogens with zero attached hydrogens (tertiary/aromatic N) is 10. The Bertz CT molecular complexity index is 3650. The van der Waals surface area contributed by atoms with Gasteiger partial charge >= 0.3 is 0 Å². The lowest BCUT2D eigenvalue weighted by molar-refractivity contribution is 1.19. The van der Waals surface area contributed by atoms with E-state index in [0.717, 1.165) is 88.6 Å². The Morgan fingerprint density at radius 2 is 0.750 bits per heavy atom. The molecule has 2 N–H and O–H groups in total. The second-order valence-corrected chi connectivity index (χ2v) is 15.8. The first-order valence-corrected chi connectivity index (χ1v) is 20.8. The molecule has 12 heteroatoms. The van der Waals surface area contributed by atoms with Crippen LogP contribution in [0.4, 0.5) is 11.4 Å². The van der Waals surface area contributed by atoms with Crippen molar-refractivity contribution >= 4 is 80.4 Å². The molecule has 0 saturated heterocycles. The topological polar surface area (TPSA) is 158 Å². The Hall–Kier alpha value is -8.64. The van der Waals surface area contributed by atoms with Gasteiger partial charge in [-0.2, -0.15) is 0 Å². The van der Waals surface area contributed by atoms with Crippen LogP contribution in [0.15, 0.2) is 141 Å². The number of hydrogen-bond acceptors (Lipinski definition) is 10. The van der Waals surface area contributed by atoms with Gasteiger partial charge in [-0.3, -0.25) is 20.0 Å². The lowest BCUT2D eigenvalue weighted by Gasteiger charge is -2.01. The third kappa shape index (κ3) is 7.12. The number of benzene rings is 6. The van der Waals surface area contributed by atoms with Crippen LogP contribution in [-0.4, -0.2) is 78.8 Å². The van der Waals surface area contributed by atoms with Crippen molar-refractivity contribution in [1.29, 1.82) is 0 Å². The van der Waals surface area contributed by atoms with Crippen molar-refractivity contribution in [2.75, 3.05) is 14.1 Å². The van der Waals surface area contributed by atoms with Crippen LogP contribution in [0.25, 0.3) is 89.7 Å². The van der Waals surface area contributed by atoms with Crippen molar-refractivity contribution in [1.82, 2.24) is 39.9 Å². The first kappa shape index (κ1) is 38.3. The van der Waals surface area contributed by atoms with E-state index < -0.39 is 0 Å². The number of aromatic amines is 2. The summed E-state index contributed by atoms with van der Waals surface area (Å²) >= 11 is 0. The summed E-state index contributed by atoms with van der Waals surface area (Å²) < 4.78 is 0. The van der Waals surface area contributed by atoms with Crippen LogP contribution in [0.5, 0.6) is 0 Å². The summed E-state index contributed by atoms with van der Waals surface area (Å²) in [5, 5.41) is 3.51. The van der Waals surface area contributed by atoms with Crippen molar-refractivity contribution in [3.8, 4) is 45.6 Å². The number of aliphatic imine (C=N–C) groups is 4. The minimum atomic E-state index is 0.499. The van der Waals surface area contributed by atoms with Crippen LogP contribution in [0.3, 0.4) is 0 Å². The van der Waals surface area contributed by atoms with Crippen molar-refractivity contribution in [3.63, 3.8) is 0 Å². The first-order chi connectivity index (χ1) is 31.3. The average Bonchev–Trinajstić information content (AvgIpc) is 4.03. The summed E-state index contributed by atoms with van der Waals surface area (Å²) in [6.45, 7) is 4.14. The van der Waals surface area contributed by atoms with E-state index in [2.05, 4.69) is 70.2 Å². The maximum absolute atomic E-state index is 5.23. The van der Waals surface area contributed by atoms with Crippen LogP contribution in [-0.2, 0) is 0 Å². The summed E-state index contributed by atoms with van der Waals surface area (Å²) in [6.07, 6.45) is 7.35. The molecule has 12 nitrogen and oxygen atoms in total. The number of rotatable bonds is 6. The highest BCUT2D eigenvalue weighted by molar-refractivity contribution is 6.07. The minimum Gasteiger partial charge on any atom is -0.324 e. The fourth-order valence-electron chi connectivity index (χ4n) is 8.09. The molecule has 0 saturated carbocycles. The standard InChI is InChI=1S/C52H38N12/c1-29-5-17-37-41(21-29)49-58-45(37)60-51-43-23-35(55-27-33-11-7-31(8-12-33)25-53-3)15-19-39(43)47(62-51)57-48-40-20-16-36(56-28-34-13-9-32(10-14-34)26-54-4)24-44(40)52(63-48)61-46-38-18-6-30(2)22-42(38)50(59-46)64-49/h5-28H,1-4H3,(H2,57,58,59,60,61,62,63,64). The van der Waals surface area contributed by atoms with Crippen LogP contribution in [0.1, 0.15) is 33.4 Å². The van der Waals surface area contributed by atoms with Crippen molar-refractivity contribution < 1.29 is 0 Å². The zero-order chi connectivity index (χ0) is 43.3. The number of aromatic nitrogens is 8. The summed E-state index contributed by atoms with van der Waals surface area (Å²) in [6, 6.07) is 40.7. The molecule has 0 atom stereocenters. The zero-order valence-electron chi connectivity index (χ0n) is 35.3. The largest absolute Gasteiger partial charge is 0.324 e. The molecule has 2 aliphatic rings. The molecule has 11 rings (SSSR count). The van der Waals surface area contributed by atoms with E-state index in [1.165, 1.54) is 0 Å². The van der Waals surface area contributed by atoms with E-state index in [1.807, 2.05) is 110 Å². The zero-order valence-corrected chi connectivity index (χ0v) is 35.3. The van der Waals surface area contributed by atoms with Gasteiger partial charge in [-0.05, 0) is 84.6 Å². The summed E-state index contributed by atoms with van der Waals surface area (Å²) in [5.74, 6) is 2.09. The van der Waals surface area contributed by atoms with Gasteiger partial charge in [0.1, 0.15) is 22.6 Å². The highest BCUT2D eigenvalue weighted by atomic mass is 15.1. The maximum atomic E-state index is 5.23. The molecule has 0 unspecified atom stereocenters. The van der Waals surface area contributed by atoms with Gasteiger partial charge in [-0.25, -0.2) is 29.9 Å². The Balaban J connectivity index is 1.15. The summed E-state index contributed by atoms with van der Waals surface area (Å²) in [4.78, 5) is 56.2. The van der Waals surface area contributed by atoms with Gasteiger partial charge in [-0.15, -0.1) is 0 Å². The van der Waals surface area contributed by atoms with Gasteiger partial charge in [0.05, 0.1) is 11.4 Å². The predicted molar refractivity (Wildman–Crippen MR) is 260 cm³/mol. The van der Waals surface area contributed by atoms with E-state index in [1.54, 1.807) is 14.1 Å². The smallest absolute Gasteiger partial charge is 0.164 e. The van der Waals surface area contributed by atoms with Gasteiger partial charge in [0.2, 0.25) is 0 Å². The van der Waals surface area contributed by atoms with Gasteiger partial charge in [0, 0.05) is 82.8 Å². The van der Waals surface area contributed by atoms with Crippen molar-refractivity contribution in [2.24, 2.45) is 20.0 Å². The third-order valence-electron chi connectivity index (χ3n) is 11.3. The van der Waals surface area contributed by atoms with Gasteiger partial charge in [0.15, 0.2) is 23.3 Å². The van der Waals surface area contributed by atoms with Crippen molar-refractivity contribution in [3.05, 3.63) is 155 Å². The van der Waals surface area contributed by atoms with Crippen LogP contribution < -0.4 is 0 Å². The molecule has 5 heterocycles. The van der Waals surface area contributed by atoms with Gasteiger partial charge in [-0.1, -0.05) is 83.9 Å². The Labute approximate surface area is 367 Å². The first-order valence-electron chi connectivity index (χ1n) is 20.8. The highest BCUT2D eigenvalue weighted by Crippen LogP contribution is 2.39. The molecular weight excluding hydrogens is 793 g/mol. The molecule has 3 aromatic heterocycles. The van der Waals surface area contributed by atoms with E-state index >= 15 is 0 Å². The minimum absolute atomic E-state index is 0.499. The Kier molecular flexibility index (Phi) is 9.38. The molecule has 8 bridgehead atoms. The van der Waals surface area contributed by atoms with Gasteiger partial charge in [0.25, 0.3) is 0 Å². The summed E-state index contributed by atoms with van der Waals surface area (Å²) in [7, 11) is 3.53. The second-order valence-electron chi connectivity index (χ2n) is 15.8. The number of hydrogen-bond donors (Lipinski definition) is 2. The second kappa shape index (κ2) is 15.7. The van der Waals surface area contributed by atoms with Crippen LogP contribution in [0, 0.1) is 13.8 Å². The molecule has 0 amide bonds. The summed E-state index contributed by atoms with van der Waals surface area (Å²) in [5.41, 5.74) is 13.5. The maximum Gasteiger partial charge on any atom is 0.164 e. The van der Waals surface area contributed by atoms with E-state index in [4.69, 9.17) is 39.9 Å². The SMILES string of the molecule is CN=Cc1ccc(C=Nc2ccc3c(c2)-c2nc-3nc3[nH]c(nc4nc(nc5[nH]c(n2)c2ccc(C)cc52)-c2cc(C)ccc2-4)c2cc(N=Cc4ccc(C=NC)cc4)ccc32)cc1. The fourth-order valence-corrected chi connectivity index (χ4v) is 8.09. The number of H-pyrrole nitrogens is 2. The highest BCUT2D eigenvalue weighted by Gasteiger charge is 2.23. The molecular formula is C52H38N12. The van der Waals surface area contributed by atoms with Gasteiger partial charge < -0.3 is 9.97 Å². The monoisotopic (exact) mass is 830 g/mol. The molecule has 0 spiro atoms. The lowest BCUT2D eigenvalue weighted by Crippen LogP contribution is -1.85. The molecule has 6 aromatic carbocycles. The van der Waals surface area contributed by atoms with E-state index in [0.29, 0.717) is 45.9 Å². The van der Waals surface area contributed by atoms with Crippen LogP contribution in [0.2, 0.25) is 0 Å². The quantitative estimate of drug-likeness (QED) is 0.159. The number of aryl methyl sites for hydroxylation is 2. The molecule has 0 fully saturated rings. The predicted octanol–water partition coefficient (Wildman–Crippen LogP) is 11.1. The molecule has 306 valence electrons. The average molecular weight is 831 g/mol. The number of nitrogens with one attached hydrogen (secondary N) is 2. The Morgan fingerprint density at radius 1 is 0.359 bits per heavy atom. The third-order valence-corrected chi connectivity index (χ3v) is 11.3. The van der Waals surface area contributed by atoms with Crippen LogP contribution >= 0.6 is 0 Å².